The third-order valence-corrected chi connectivity index (χ3v) is 3.95. The summed E-state index contributed by atoms with van der Waals surface area (Å²) in [7, 11) is 0. The number of Topliss-reactive ketones (excluding diaryl/α,β-unsaturated/α-hetero) is 1. The zero-order valence-electron chi connectivity index (χ0n) is 12.7. The average molecular weight is 291 g/mol. The highest BCUT2D eigenvalue weighted by Gasteiger charge is 2.27. The van der Waals surface area contributed by atoms with Gasteiger partial charge in [-0.3, -0.25) is 9.69 Å². The van der Waals surface area contributed by atoms with Crippen LogP contribution in [-0.4, -0.2) is 47.6 Å². The molecule has 1 aromatic carbocycles. The highest BCUT2D eigenvalue weighted by Crippen LogP contribution is 2.18. The van der Waals surface area contributed by atoms with E-state index >= 15 is 0 Å². The zero-order chi connectivity index (χ0) is 15.1. The standard InChI is InChI=1S/C17H25NO3/c1-14(19)17-9-5-6-10-18(17)11-16(20)13-21-12-15-7-3-2-4-8-15/h2-4,7-8,16-17,20H,5-6,9-13H2,1H3. The minimum Gasteiger partial charge on any atom is -0.389 e. The summed E-state index contributed by atoms with van der Waals surface area (Å²) in [6, 6.07) is 9.89. The maximum atomic E-state index is 11.6. The van der Waals surface area contributed by atoms with Gasteiger partial charge in [0.05, 0.1) is 25.4 Å². The third-order valence-electron chi connectivity index (χ3n) is 3.95. The molecule has 0 amide bonds. The smallest absolute Gasteiger partial charge is 0.146 e. The number of likely N-dealkylation sites (tertiary alicyclic amines) is 1. The number of piperidine rings is 1. The fourth-order valence-electron chi connectivity index (χ4n) is 2.88. The monoisotopic (exact) mass is 291 g/mol. The average Bonchev–Trinajstić information content (AvgIpc) is 2.48. The van der Waals surface area contributed by atoms with Crippen molar-refractivity contribution in [1.82, 2.24) is 4.90 Å². The van der Waals surface area contributed by atoms with Gasteiger partial charge in [-0.15, -0.1) is 0 Å². The first-order chi connectivity index (χ1) is 10.2. The van der Waals surface area contributed by atoms with Gasteiger partial charge in [0, 0.05) is 6.54 Å². The van der Waals surface area contributed by atoms with Gasteiger partial charge in [0.2, 0.25) is 0 Å². The normalized spacial score (nSPS) is 21.1. The van der Waals surface area contributed by atoms with Crippen LogP contribution in [0, 0.1) is 0 Å². The predicted molar refractivity (Wildman–Crippen MR) is 82.0 cm³/mol. The molecule has 2 atom stereocenters. The first kappa shape index (κ1) is 16.1. The molecule has 1 heterocycles. The van der Waals surface area contributed by atoms with Crippen LogP contribution in [-0.2, 0) is 16.1 Å². The number of hydrogen-bond donors (Lipinski definition) is 1. The van der Waals surface area contributed by atoms with Crippen LogP contribution in [0.5, 0.6) is 0 Å². The highest BCUT2D eigenvalue weighted by molar-refractivity contribution is 5.81. The second-order valence-corrected chi connectivity index (χ2v) is 5.77. The lowest BCUT2D eigenvalue weighted by Crippen LogP contribution is -2.47. The van der Waals surface area contributed by atoms with E-state index in [2.05, 4.69) is 4.90 Å². The van der Waals surface area contributed by atoms with Crippen molar-refractivity contribution in [1.29, 1.82) is 0 Å². The van der Waals surface area contributed by atoms with Gasteiger partial charge >= 0.3 is 0 Å². The fourth-order valence-corrected chi connectivity index (χ4v) is 2.88. The molecule has 0 spiro atoms. The predicted octanol–water partition coefficient (Wildman–Crippen LogP) is 2.01. The number of β-amino-alcohol motifs (C(OH)–C–C–N with tert-alkyl or cyclic N) is 1. The van der Waals surface area contributed by atoms with E-state index in [1.165, 1.54) is 0 Å². The molecule has 0 aliphatic carbocycles. The Morgan fingerprint density at radius 3 is 2.86 bits per heavy atom. The summed E-state index contributed by atoms with van der Waals surface area (Å²) in [5.74, 6) is 0.201. The molecule has 1 aromatic rings. The van der Waals surface area contributed by atoms with Crippen molar-refractivity contribution < 1.29 is 14.6 Å². The molecule has 4 nitrogen and oxygen atoms in total. The largest absolute Gasteiger partial charge is 0.389 e. The number of hydrogen-bond acceptors (Lipinski definition) is 4. The second-order valence-electron chi connectivity index (χ2n) is 5.77. The van der Waals surface area contributed by atoms with Crippen molar-refractivity contribution in [2.45, 2.75) is 44.9 Å². The van der Waals surface area contributed by atoms with Crippen LogP contribution >= 0.6 is 0 Å². The quantitative estimate of drug-likeness (QED) is 0.835. The van der Waals surface area contributed by atoms with Gasteiger partial charge in [-0.05, 0) is 31.9 Å². The number of benzene rings is 1. The fraction of sp³-hybridized carbons (Fsp3) is 0.588. The summed E-state index contributed by atoms with van der Waals surface area (Å²) < 4.78 is 5.56. The summed E-state index contributed by atoms with van der Waals surface area (Å²) in [4.78, 5) is 13.7. The van der Waals surface area contributed by atoms with Crippen molar-refractivity contribution in [2.75, 3.05) is 19.7 Å². The molecular formula is C17H25NO3. The van der Waals surface area contributed by atoms with Crippen LogP contribution in [0.1, 0.15) is 31.7 Å². The minimum absolute atomic E-state index is 0.0254. The molecule has 0 bridgehead atoms. The number of carbonyl (C=O) groups is 1. The molecule has 1 saturated heterocycles. The number of aliphatic hydroxyl groups is 1. The Balaban J connectivity index is 1.73. The van der Waals surface area contributed by atoms with Gasteiger partial charge in [0.25, 0.3) is 0 Å². The van der Waals surface area contributed by atoms with E-state index in [0.29, 0.717) is 19.8 Å². The number of carbonyl (C=O) groups excluding carboxylic acids is 1. The summed E-state index contributed by atoms with van der Waals surface area (Å²) >= 11 is 0. The van der Waals surface area contributed by atoms with Gasteiger partial charge in [-0.25, -0.2) is 0 Å². The molecule has 116 valence electrons. The third kappa shape index (κ3) is 5.23. The van der Waals surface area contributed by atoms with Crippen LogP contribution in [0.3, 0.4) is 0 Å². The Morgan fingerprint density at radius 1 is 1.38 bits per heavy atom. The minimum atomic E-state index is -0.548. The van der Waals surface area contributed by atoms with Gasteiger partial charge in [-0.2, -0.15) is 0 Å². The first-order valence-electron chi connectivity index (χ1n) is 7.71. The van der Waals surface area contributed by atoms with E-state index in [1.807, 2.05) is 30.3 Å². The lowest BCUT2D eigenvalue weighted by Gasteiger charge is -2.35. The van der Waals surface area contributed by atoms with Crippen molar-refractivity contribution in [3.8, 4) is 0 Å². The van der Waals surface area contributed by atoms with E-state index in [9.17, 15) is 9.90 Å². The molecule has 0 radical (unpaired) electrons. The van der Waals surface area contributed by atoms with Crippen molar-refractivity contribution in [2.24, 2.45) is 0 Å². The molecule has 2 unspecified atom stereocenters. The van der Waals surface area contributed by atoms with Crippen molar-refractivity contribution >= 4 is 5.78 Å². The Hall–Kier alpha value is -1.23. The maximum Gasteiger partial charge on any atom is 0.146 e. The Bertz CT molecular complexity index is 435. The van der Waals surface area contributed by atoms with E-state index in [4.69, 9.17) is 4.74 Å². The van der Waals surface area contributed by atoms with Gasteiger partial charge < -0.3 is 9.84 Å². The summed E-state index contributed by atoms with van der Waals surface area (Å²) in [5.41, 5.74) is 1.10. The van der Waals surface area contributed by atoms with E-state index < -0.39 is 6.10 Å². The van der Waals surface area contributed by atoms with E-state index in [-0.39, 0.29) is 11.8 Å². The van der Waals surface area contributed by atoms with Crippen LogP contribution < -0.4 is 0 Å². The molecule has 1 aliphatic heterocycles. The number of aliphatic hydroxyl groups excluding tert-OH is 1. The molecule has 0 aromatic heterocycles. The molecule has 21 heavy (non-hydrogen) atoms. The summed E-state index contributed by atoms with van der Waals surface area (Å²) in [6.07, 6.45) is 2.56. The number of nitrogens with zero attached hydrogens (tertiary/aromatic N) is 1. The molecule has 0 saturated carbocycles. The second kappa shape index (κ2) is 8.27. The van der Waals surface area contributed by atoms with Crippen molar-refractivity contribution in [3.05, 3.63) is 35.9 Å². The molecule has 4 heteroatoms. The van der Waals surface area contributed by atoms with Crippen molar-refractivity contribution in [3.63, 3.8) is 0 Å². The highest BCUT2D eigenvalue weighted by atomic mass is 16.5. The summed E-state index contributed by atoms with van der Waals surface area (Å²) in [6.45, 7) is 3.85. The SMILES string of the molecule is CC(=O)C1CCCCN1CC(O)COCc1ccccc1. The molecular weight excluding hydrogens is 266 g/mol. The number of ether oxygens (including phenoxy) is 1. The van der Waals surface area contributed by atoms with E-state index in [0.717, 1.165) is 31.4 Å². The molecule has 2 rings (SSSR count). The van der Waals surface area contributed by atoms with E-state index in [1.54, 1.807) is 6.92 Å². The van der Waals surface area contributed by atoms with Gasteiger partial charge in [0.1, 0.15) is 5.78 Å². The number of ketones is 1. The molecule has 1 fully saturated rings. The van der Waals surface area contributed by atoms with Crippen LogP contribution in [0.4, 0.5) is 0 Å². The Morgan fingerprint density at radius 2 is 2.14 bits per heavy atom. The molecule has 1 N–H and O–H groups in total. The lowest BCUT2D eigenvalue weighted by atomic mass is 9.99. The van der Waals surface area contributed by atoms with Crippen LogP contribution in [0.2, 0.25) is 0 Å². The number of rotatable bonds is 7. The summed E-state index contributed by atoms with van der Waals surface area (Å²) in [5, 5.41) is 10.1. The van der Waals surface area contributed by atoms with Gasteiger partial charge in [0.15, 0.2) is 0 Å². The Kier molecular flexibility index (Phi) is 6.36. The van der Waals surface area contributed by atoms with Gasteiger partial charge in [-0.1, -0.05) is 36.8 Å². The topological polar surface area (TPSA) is 49.8 Å². The van der Waals surface area contributed by atoms with Crippen LogP contribution in [0.15, 0.2) is 30.3 Å². The van der Waals surface area contributed by atoms with Crippen LogP contribution in [0.25, 0.3) is 0 Å². The maximum absolute atomic E-state index is 11.6. The molecule has 1 aliphatic rings. The zero-order valence-corrected chi connectivity index (χ0v) is 12.7. The first-order valence-corrected chi connectivity index (χ1v) is 7.71. The lowest BCUT2D eigenvalue weighted by molar-refractivity contribution is -0.124. The Labute approximate surface area is 126 Å².